The first-order valence-corrected chi connectivity index (χ1v) is 10.0. The van der Waals surface area contributed by atoms with Gasteiger partial charge in [-0.05, 0) is 36.4 Å². The number of guanidine groups is 1. The number of hydrogen-bond acceptors (Lipinski definition) is 6. The van der Waals surface area contributed by atoms with Crippen molar-refractivity contribution in [3.63, 3.8) is 0 Å². The SMILES string of the molecule is COC(=O)CC1C(=O)N(c2ccc(Cl)cc2)C2=Nc3ccccc3S(=O)(=O)N21. The number of esters is 1. The van der Waals surface area contributed by atoms with Gasteiger partial charge in [-0.1, -0.05) is 23.7 Å². The van der Waals surface area contributed by atoms with Crippen LogP contribution >= 0.6 is 11.6 Å². The minimum atomic E-state index is -4.10. The molecule has 0 radical (unpaired) electrons. The van der Waals surface area contributed by atoms with Crippen LogP contribution < -0.4 is 4.90 Å². The first-order valence-electron chi connectivity index (χ1n) is 8.23. The van der Waals surface area contributed by atoms with Gasteiger partial charge in [-0.25, -0.2) is 22.6 Å². The van der Waals surface area contributed by atoms with Crippen molar-refractivity contribution in [2.45, 2.75) is 17.4 Å². The summed E-state index contributed by atoms with van der Waals surface area (Å²) in [6.07, 6.45) is -0.431. The number of aliphatic imine (C=N–C) groups is 1. The Balaban J connectivity index is 1.92. The van der Waals surface area contributed by atoms with Crippen molar-refractivity contribution in [3.8, 4) is 0 Å². The van der Waals surface area contributed by atoms with Crippen LogP contribution in [0, 0.1) is 0 Å². The van der Waals surface area contributed by atoms with Crippen molar-refractivity contribution >= 4 is 50.8 Å². The molecule has 1 unspecified atom stereocenters. The summed E-state index contributed by atoms with van der Waals surface area (Å²) < 4.78 is 32.0. The summed E-state index contributed by atoms with van der Waals surface area (Å²) >= 11 is 5.92. The van der Waals surface area contributed by atoms with Gasteiger partial charge in [-0.15, -0.1) is 0 Å². The molecule has 2 heterocycles. The fourth-order valence-electron chi connectivity index (χ4n) is 3.19. The molecule has 1 atom stereocenters. The molecular formula is C18H14ClN3O5S. The van der Waals surface area contributed by atoms with Crippen molar-refractivity contribution in [2.24, 2.45) is 4.99 Å². The largest absolute Gasteiger partial charge is 0.469 e. The van der Waals surface area contributed by atoms with Crippen molar-refractivity contribution in [2.75, 3.05) is 12.0 Å². The Morgan fingerprint density at radius 1 is 1.18 bits per heavy atom. The van der Waals surface area contributed by atoms with Gasteiger partial charge < -0.3 is 4.74 Å². The minimum absolute atomic E-state index is 0.0284. The summed E-state index contributed by atoms with van der Waals surface area (Å²) in [6.45, 7) is 0. The average molecular weight is 420 g/mol. The van der Waals surface area contributed by atoms with Gasteiger partial charge in [-0.3, -0.25) is 9.59 Å². The summed E-state index contributed by atoms with van der Waals surface area (Å²) in [7, 11) is -2.92. The van der Waals surface area contributed by atoms with Crippen molar-refractivity contribution in [1.29, 1.82) is 0 Å². The first-order chi connectivity index (χ1) is 13.3. The first kappa shape index (κ1) is 18.5. The van der Waals surface area contributed by atoms with Crippen molar-refractivity contribution in [1.82, 2.24) is 4.31 Å². The van der Waals surface area contributed by atoms with Gasteiger partial charge in [0.1, 0.15) is 10.9 Å². The number of halogens is 1. The third-order valence-corrected chi connectivity index (χ3v) is 6.57. The Labute approximate surface area is 166 Å². The predicted octanol–water partition coefficient (Wildman–Crippen LogP) is 2.31. The molecule has 144 valence electrons. The maximum absolute atomic E-state index is 13.2. The van der Waals surface area contributed by atoms with E-state index in [1.165, 1.54) is 18.1 Å². The van der Waals surface area contributed by atoms with E-state index in [0.29, 0.717) is 10.7 Å². The lowest BCUT2D eigenvalue weighted by Crippen LogP contribution is -2.43. The molecule has 2 aromatic carbocycles. The maximum Gasteiger partial charge on any atom is 0.308 e. The van der Waals surface area contributed by atoms with Gasteiger partial charge in [0, 0.05) is 5.02 Å². The molecule has 1 saturated heterocycles. The normalized spacial score (nSPS) is 19.7. The Morgan fingerprint density at radius 3 is 2.54 bits per heavy atom. The topological polar surface area (TPSA) is 96.4 Å². The van der Waals surface area contributed by atoms with Crippen molar-refractivity contribution < 1.29 is 22.7 Å². The highest BCUT2D eigenvalue weighted by molar-refractivity contribution is 7.90. The van der Waals surface area contributed by atoms with Gasteiger partial charge >= 0.3 is 5.97 Å². The number of carbonyl (C=O) groups excluding carboxylic acids is 2. The van der Waals surface area contributed by atoms with Crippen LogP contribution in [0.5, 0.6) is 0 Å². The van der Waals surface area contributed by atoms with Crippen LogP contribution in [0.3, 0.4) is 0 Å². The molecule has 28 heavy (non-hydrogen) atoms. The number of methoxy groups -OCH3 is 1. The minimum Gasteiger partial charge on any atom is -0.469 e. The molecule has 1 amide bonds. The zero-order valence-corrected chi connectivity index (χ0v) is 16.1. The smallest absolute Gasteiger partial charge is 0.308 e. The number of nitrogens with zero attached hydrogens (tertiary/aromatic N) is 3. The second-order valence-corrected chi connectivity index (χ2v) is 8.35. The molecule has 0 bridgehead atoms. The zero-order valence-electron chi connectivity index (χ0n) is 14.6. The lowest BCUT2D eigenvalue weighted by molar-refractivity contribution is -0.142. The highest BCUT2D eigenvalue weighted by Gasteiger charge is 2.53. The van der Waals surface area contributed by atoms with Crippen LogP contribution in [0.4, 0.5) is 11.4 Å². The summed E-state index contributed by atoms with van der Waals surface area (Å²) in [4.78, 5) is 30.6. The lowest BCUT2D eigenvalue weighted by Gasteiger charge is -2.28. The monoisotopic (exact) mass is 419 g/mol. The fourth-order valence-corrected chi connectivity index (χ4v) is 4.99. The highest BCUT2D eigenvalue weighted by atomic mass is 35.5. The molecule has 0 N–H and O–H groups in total. The zero-order chi connectivity index (χ0) is 20.1. The summed E-state index contributed by atoms with van der Waals surface area (Å²) in [6, 6.07) is 11.2. The number of anilines is 1. The summed E-state index contributed by atoms with van der Waals surface area (Å²) in [5, 5.41) is 0.460. The van der Waals surface area contributed by atoms with E-state index in [-0.39, 0.29) is 16.5 Å². The second-order valence-electron chi connectivity index (χ2n) is 6.13. The summed E-state index contributed by atoms with van der Waals surface area (Å²) in [5.41, 5.74) is 0.610. The third-order valence-electron chi connectivity index (χ3n) is 4.48. The van der Waals surface area contributed by atoms with E-state index in [2.05, 4.69) is 9.73 Å². The lowest BCUT2D eigenvalue weighted by atomic mass is 10.2. The number of carbonyl (C=O) groups is 2. The standard InChI is InChI=1S/C18H14ClN3O5S/c1-27-16(23)10-14-17(24)21(12-8-6-11(19)7-9-12)18-20-13-4-2-3-5-15(13)28(25,26)22(14)18/h2-9,14H,10H2,1H3. The third kappa shape index (κ3) is 2.74. The van der Waals surface area contributed by atoms with Crippen LogP contribution in [-0.4, -0.2) is 43.7 Å². The molecule has 10 heteroatoms. The number of sulfonamides is 1. The van der Waals surface area contributed by atoms with E-state index in [0.717, 1.165) is 4.31 Å². The van der Waals surface area contributed by atoms with E-state index in [4.69, 9.17) is 11.6 Å². The van der Waals surface area contributed by atoms with Gasteiger partial charge in [0.05, 0.1) is 24.9 Å². The average Bonchev–Trinajstić information content (AvgIpc) is 2.95. The molecule has 0 aliphatic carbocycles. The number of benzene rings is 2. The van der Waals surface area contributed by atoms with Crippen LogP contribution in [0.1, 0.15) is 6.42 Å². The molecule has 0 spiro atoms. The molecule has 0 aromatic heterocycles. The molecule has 4 rings (SSSR count). The number of fused-ring (bicyclic) bond motifs is 2. The van der Waals surface area contributed by atoms with Crippen molar-refractivity contribution in [3.05, 3.63) is 53.6 Å². The summed E-state index contributed by atoms with van der Waals surface area (Å²) in [5.74, 6) is -1.38. The molecule has 2 aromatic rings. The number of para-hydroxylation sites is 1. The number of rotatable bonds is 3. The molecule has 1 fully saturated rings. The molecule has 2 aliphatic heterocycles. The fraction of sp³-hybridized carbons (Fsp3) is 0.167. The Bertz CT molecular complexity index is 1110. The second kappa shape index (κ2) is 6.61. The number of amides is 1. The maximum atomic E-state index is 13.2. The van der Waals surface area contributed by atoms with E-state index in [9.17, 15) is 18.0 Å². The molecular weight excluding hydrogens is 406 g/mol. The van der Waals surface area contributed by atoms with Gasteiger partial charge in [0.2, 0.25) is 5.96 Å². The van der Waals surface area contributed by atoms with E-state index >= 15 is 0 Å². The van der Waals surface area contributed by atoms with Gasteiger partial charge in [-0.2, -0.15) is 0 Å². The molecule has 8 nitrogen and oxygen atoms in total. The van der Waals surface area contributed by atoms with Crippen LogP contribution in [0.2, 0.25) is 5.02 Å². The van der Waals surface area contributed by atoms with Gasteiger partial charge in [0.25, 0.3) is 15.9 Å². The van der Waals surface area contributed by atoms with Gasteiger partial charge in [0.15, 0.2) is 0 Å². The van der Waals surface area contributed by atoms with E-state index in [1.54, 1.807) is 42.5 Å². The Hall–Kier alpha value is -2.91. The molecule has 0 saturated carbocycles. The quantitative estimate of drug-likeness (QED) is 0.711. The van der Waals surface area contributed by atoms with E-state index in [1.807, 2.05) is 0 Å². The van der Waals surface area contributed by atoms with Crippen LogP contribution in [0.15, 0.2) is 58.4 Å². The Morgan fingerprint density at radius 2 is 1.86 bits per heavy atom. The number of hydrogen-bond donors (Lipinski definition) is 0. The number of ether oxygens (including phenoxy) is 1. The van der Waals surface area contributed by atoms with E-state index < -0.39 is 34.4 Å². The van der Waals surface area contributed by atoms with Crippen LogP contribution in [-0.2, 0) is 24.3 Å². The molecule has 2 aliphatic rings. The Kier molecular flexibility index (Phi) is 4.35. The highest BCUT2D eigenvalue weighted by Crippen LogP contribution is 2.39. The predicted molar refractivity (Wildman–Crippen MR) is 102 cm³/mol. The van der Waals surface area contributed by atoms with Crippen LogP contribution in [0.25, 0.3) is 0 Å².